The van der Waals surface area contributed by atoms with Gasteiger partial charge in [0.15, 0.2) is 0 Å². The Hall–Kier alpha value is -3.11. The largest absolute Gasteiger partial charge is 0.465 e. The van der Waals surface area contributed by atoms with Gasteiger partial charge in [-0.25, -0.2) is 9.78 Å². The lowest BCUT2D eigenvalue weighted by atomic mass is 10.0. The molecule has 2 amide bonds. The van der Waals surface area contributed by atoms with E-state index in [0.717, 1.165) is 0 Å². The van der Waals surface area contributed by atoms with E-state index in [1.54, 1.807) is 24.3 Å². The molecule has 0 bridgehead atoms. The van der Waals surface area contributed by atoms with Crippen molar-refractivity contribution < 1.29 is 19.4 Å². The van der Waals surface area contributed by atoms with Crippen molar-refractivity contribution in [2.24, 2.45) is 5.73 Å². The van der Waals surface area contributed by atoms with Crippen molar-refractivity contribution in [1.29, 1.82) is 0 Å². The van der Waals surface area contributed by atoms with Crippen LogP contribution < -0.4 is 21.7 Å². The Morgan fingerprint density at radius 1 is 1.32 bits per heavy atom. The molecular weight excluding hydrogens is 388 g/mol. The maximum absolute atomic E-state index is 11.7. The van der Waals surface area contributed by atoms with Gasteiger partial charge in [0.2, 0.25) is 5.95 Å². The Morgan fingerprint density at radius 3 is 2.86 bits per heavy atom. The lowest BCUT2D eigenvalue weighted by Crippen LogP contribution is -2.52. The summed E-state index contributed by atoms with van der Waals surface area (Å²) in [5.74, 6) is -0.256. The Morgan fingerprint density at radius 2 is 2.14 bits per heavy atom. The van der Waals surface area contributed by atoms with Gasteiger partial charge in [-0.05, 0) is 24.6 Å². The summed E-state index contributed by atoms with van der Waals surface area (Å²) in [5.41, 5.74) is 6.14. The molecule has 1 saturated heterocycles. The minimum absolute atomic E-state index is 0.109. The number of rotatable bonds is 6. The summed E-state index contributed by atoms with van der Waals surface area (Å²) < 4.78 is 5.32. The first-order valence-electron chi connectivity index (χ1n) is 8.45. The minimum atomic E-state index is -1.14. The highest BCUT2D eigenvalue weighted by Crippen LogP contribution is 2.23. The van der Waals surface area contributed by atoms with E-state index >= 15 is 0 Å². The summed E-state index contributed by atoms with van der Waals surface area (Å²) in [4.78, 5) is 31.1. The van der Waals surface area contributed by atoms with E-state index in [-0.39, 0.29) is 30.0 Å². The quantitative estimate of drug-likeness (QED) is 0.487. The van der Waals surface area contributed by atoms with Crippen LogP contribution in [-0.2, 0) is 4.74 Å². The topological polar surface area (TPSA) is 151 Å². The molecule has 6 N–H and O–H groups in total. The highest BCUT2D eigenvalue weighted by Gasteiger charge is 2.28. The zero-order chi connectivity index (χ0) is 20.1. The summed E-state index contributed by atoms with van der Waals surface area (Å²) in [7, 11) is 0. The lowest BCUT2D eigenvalue weighted by Gasteiger charge is -2.31. The van der Waals surface area contributed by atoms with Crippen molar-refractivity contribution in [2.45, 2.75) is 18.5 Å². The molecule has 1 fully saturated rings. The number of nitrogens with zero attached hydrogens (tertiary/aromatic N) is 2. The number of ether oxygens (including phenoxy) is 1. The fourth-order valence-electron chi connectivity index (χ4n) is 2.81. The molecule has 28 heavy (non-hydrogen) atoms. The number of nitrogens with two attached hydrogens (primary N) is 1. The third-order valence-corrected chi connectivity index (χ3v) is 4.36. The number of hydrogen-bond acceptors (Lipinski definition) is 7. The van der Waals surface area contributed by atoms with Gasteiger partial charge in [-0.2, -0.15) is 4.98 Å². The molecule has 148 valence electrons. The fourth-order valence-corrected chi connectivity index (χ4v) is 3.00. The van der Waals surface area contributed by atoms with E-state index in [2.05, 4.69) is 25.9 Å². The van der Waals surface area contributed by atoms with Crippen LogP contribution in [0.2, 0.25) is 5.02 Å². The van der Waals surface area contributed by atoms with Crippen LogP contribution >= 0.6 is 11.6 Å². The van der Waals surface area contributed by atoms with Crippen LogP contribution in [0.25, 0.3) is 0 Å². The number of aromatic nitrogens is 2. The molecule has 1 aliphatic rings. The van der Waals surface area contributed by atoms with E-state index < -0.39 is 18.0 Å². The van der Waals surface area contributed by atoms with Gasteiger partial charge in [0.1, 0.15) is 11.4 Å². The molecule has 0 radical (unpaired) electrons. The first kappa shape index (κ1) is 19.6. The molecule has 0 aliphatic carbocycles. The molecular formula is C17H19ClN6O4. The molecule has 3 rings (SSSR count). The fraction of sp³-hybridized carbons (Fsp3) is 0.294. The Balaban J connectivity index is 1.83. The first-order chi connectivity index (χ1) is 13.4. The van der Waals surface area contributed by atoms with Crippen molar-refractivity contribution in [2.75, 3.05) is 23.8 Å². The van der Waals surface area contributed by atoms with Gasteiger partial charge >= 0.3 is 6.09 Å². The highest BCUT2D eigenvalue weighted by molar-refractivity contribution is 6.30. The zero-order valence-electron chi connectivity index (χ0n) is 14.7. The lowest BCUT2D eigenvalue weighted by molar-refractivity contribution is 0.0625. The minimum Gasteiger partial charge on any atom is -0.465 e. The summed E-state index contributed by atoms with van der Waals surface area (Å²) in [6.45, 7) is 0.708. The summed E-state index contributed by atoms with van der Waals surface area (Å²) in [6.07, 6.45) is 0.725. The van der Waals surface area contributed by atoms with Gasteiger partial charge in [0, 0.05) is 23.5 Å². The maximum atomic E-state index is 11.7. The van der Waals surface area contributed by atoms with E-state index in [4.69, 9.17) is 27.2 Å². The van der Waals surface area contributed by atoms with Crippen molar-refractivity contribution in [3.8, 4) is 0 Å². The van der Waals surface area contributed by atoms with Crippen LogP contribution in [0.3, 0.4) is 0 Å². The van der Waals surface area contributed by atoms with Gasteiger partial charge in [-0.1, -0.05) is 17.7 Å². The van der Waals surface area contributed by atoms with Crippen molar-refractivity contribution >= 4 is 41.1 Å². The Kier molecular flexibility index (Phi) is 6.12. The molecule has 11 heteroatoms. The average molecular weight is 407 g/mol. The molecule has 1 aliphatic heterocycles. The van der Waals surface area contributed by atoms with Gasteiger partial charge in [-0.15, -0.1) is 0 Å². The van der Waals surface area contributed by atoms with E-state index in [1.165, 1.54) is 6.20 Å². The van der Waals surface area contributed by atoms with Crippen molar-refractivity contribution in [3.05, 3.63) is 41.0 Å². The van der Waals surface area contributed by atoms with Crippen LogP contribution in [0.15, 0.2) is 30.5 Å². The smallest absolute Gasteiger partial charge is 0.405 e. The standard InChI is InChI=1S/C17H19ClN6O4/c18-9-2-1-3-10(6-9)21-15-11(14(19)25)7-20-16(24-15)22-12-4-5-28-8-13(12)23-17(26)27/h1-3,6-7,12-13,23H,4-5,8H2,(H2,19,25)(H,26,27)(H2,20,21,22,24)/t12-,13+/m1/s1. The van der Waals surface area contributed by atoms with Gasteiger partial charge in [0.25, 0.3) is 5.91 Å². The number of anilines is 3. The summed E-state index contributed by atoms with van der Waals surface area (Å²) >= 11 is 5.99. The molecule has 0 spiro atoms. The molecule has 1 aromatic carbocycles. The summed E-state index contributed by atoms with van der Waals surface area (Å²) in [5, 5.41) is 18.0. The van der Waals surface area contributed by atoms with Crippen LogP contribution in [0, 0.1) is 0 Å². The maximum Gasteiger partial charge on any atom is 0.405 e. The first-order valence-corrected chi connectivity index (χ1v) is 8.83. The second-order valence-corrected chi connectivity index (χ2v) is 6.56. The average Bonchev–Trinajstić information content (AvgIpc) is 2.63. The number of carbonyl (C=O) groups is 2. The number of carbonyl (C=O) groups excluding carboxylic acids is 1. The van der Waals surface area contributed by atoms with E-state index in [9.17, 15) is 9.59 Å². The second-order valence-electron chi connectivity index (χ2n) is 6.13. The second kappa shape index (κ2) is 8.72. The molecule has 10 nitrogen and oxygen atoms in total. The third-order valence-electron chi connectivity index (χ3n) is 4.12. The SMILES string of the molecule is NC(=O)c1cnc(N[C@@H]2CCOC[C@@H]2NC(=O)O)nc1Nc1cccc(Cl)c1. The zero-order valence-corrected chi connectivity index (χ0v) is 15.4. The van der Waals surface area contributed by atoms with Crippen LogP contribution in [0.1, 0.15) is 16.8 Å². The molecule has 2 aromatic rings. The number of nitrogens with one attached hydrogen (secondary N) is 3. The highest BCUT2D eigenvalue weighted by atomic mass is 35.5. The number of hydrogen-bond donors (Lipinski definition) is 5. The predicted octanol–water partition coefficient (Wildman–Crippen LogP) is 1.81. The van der Waals surface area contributed by atoms with Gasteiger partial charge in [-0.3, -0.25) is 4.79 Å². The molecule has 1 aromatic heterocycles. The normalized spacial score (nSPS) is 18.9. The number of amides is 2. The van der Waals surface area contributed by atoms with Gasteiger partial charge < -0.3 is 31.5 Å². The Bertz CT molecular complexity index is 880. The Labute approximate surface area is 165 Å². The predicted molar refractivity (Wildman–Crippen MR) is 103 cm³/mol. The number of carboxylic acid groups (broad SMARTS) is 1. The van der Waals surface area contributed by atoms with Crippen LogP contribution in [0.4, 0.5) is 22.2 Å². The molecule has 0 unspecified atom stereocenters. The van der Waals surface area contributed by atoms with E-state index in [0.29, 0.717) is 23.7 Å². The van der Waals surface area contributed by atoms with Crippen LogP contribution in [0.5, 0.6) is 0 Å². The summed E-state index contributed by atoms with van der Waals surface area (Å²) in [6, 6.07) is 6.16. The molecule has 0 saturated carbocycles. The molecule has 2 atom stereocenters. The third kappa shape index (κ3) is 4.99. The van der Waals surface area contributed by atoms with Crippen molar-refractivity contribution in [3.63, 3.8) is 0 Å². The van der Waals surface area contributed by atoms with Crippen LogP contribution in [-0.4, -0.2) is 52.4 Å². The van der Waals surface area contributed by atoms with Crippen molar-refractivity contribution in [1.82, 2.24) is 15.3 Å². The number of halogens is 1. The van der Waals surface area contributed by atoms with E-state index in [1.807, 2.05) is 0 Å². The van der Waals surface area contributed by atoms with Gasteiger partial charge in [0.05, 0.1) is 18.7 Å². The number of primary amides is 1. The molecule has 2 heterocycles. The monoisotopic (exact) mass is 406 g/mol. The number of benzene rings is 1.